The minimum absolute atomic E-state index is 0.0717. The zero-order valence-corrected chi connectivity index (χ0v) is 11.2. The number of hydrogen-bond acceptors (Lipinski definition) is 4. The van der Waals surface area contributed by atoms with Gasteiger partial charge in [0.1, 0.15) is 5.76 Å². The van der Waals surface area contributed by atoms with E-state index in [0.29, 0.717) is 6.42 Å². The van der Waals surface area contributed by atoms with E-state index >= 15 is 0 Å². The molecule has 0 spiro atoms. The third-order valence-electron chi connectivity index (χ3n) is 2.81. The van der Waals surface area contributed by atoms with Crippen molar-refractivity contribution in [3.8, 4) is 0 Å². The van der Waals surface area contributed by atoms with Crippen molar-refractivity contribution in [2.45, 2.75) is 24.3 Å². The minimum atomic E-state index is -3.11. The Morgan fingerprint density at radius 3 is 2.83 bits per heavy atom. The highest BCUT2D eigenvalue weighted by molar-refractivity contribution is 7.91. The third-order valence-corrected chi connectivity index (χ3v) is 5.18. The molecule has 2 unspecified atom stereocenters. The number of rotatable bonds is 4. The molecule has 100 valence electrons. The van der Waals surface area contributed by atoms with Crippen LogP contribution >= 0.6 is 11.6 Å². The lowest BCUT2D eigenvalue weighted by molar-refractivity contribution is -0.121. The molecule has 1 fully saturated rings. The summed E-state index contributed by atoms with van der Waals surface area (Å²) in [5.74, 6) is 0.372. The second-order valence-electron chi connectivity index (χ2n) is 4.35. The summed E-state index contributed by atoms with van der Waals surface area (Å²) in [5, 5.41) is 2.12. The second kappa shape index (κ2) is 5.32. The van der Waals surface area contributed by atoms with E-state index in [1.165, 1.54) is 0 Å². The van der Waals surface area contributed by atoms with Crippen LogP contribution in [0.3, 0.4) is 0 Å². The molecular formula is C11H14ClNO4S. The zero-order valence-electron chi connectivity index (χ0n) is 9.63. The SMILES string of the molecule is O=C(CCc1ccco1)NC1CS(=O)(=O)CC1Cl. The normalized spacial score (nSPS) is 26.1. The summed E-state index contributed by atoms with van der Waals surface area (Å²) in [6, 6.07) is 3.06. The number of sulfone groups is 1. The number of hydrogen-bond donors (Lipinski definition) is 1. The number of carbonyl (C=O) groups excluding carboxylic acids is 1. The van der Waals surface area contributed by atoms with Gasteiger partial charge in [-0.3, -0.25) is 4.79 Å². The van der Waals surface area contributed by atoms with E-state index in [2.05, 4.69) is 5.32 Å². The number of amides is 1. The van der Waals surface area contributed by atoms with Crippen LogP contribution in [-0.4, -0.2) is 37.2 Å². The Labute approximate surface area is 110 Å². The Kier molecular flexibility index (Phi) is 3.97. The molecule has 1 aliphatic heterocycles. The monoisotopic (exact) mass is 291 g/mol. The van der Waals surface area contributed by atoms with Crippen molar-refractivity contribution in [1.29, 1.82) is 0 Å². The molecule has 2 atom stereocenters. The number of alkyl halides is 1. The number of aryl methyl sites for hydroxylation is 1. The van der Waals surface area contributed by atoms with Gasteiger partial charge in [-0.05, 0) is 12.1 Å². The molecule has 0 aliphatic carbocycles. The zero-order chi connectivity index (χ0) is 13.2. The molecule has 0 saturated carbocycles. The predicted molar refractivity (Wildman–Crippen MR) is 67.3 cm³/mol. The van der Waals surface area contributed by atoms with Crippen molar-refractivity contribution in [2.75, 3.05) is 11.5 Å². The molecule has 5 nitrogen and oxygen atoms in total. The Bertz CT molecular complexity index is 511. The van der Waals surface area contributed by atoms with Gasteiger partial charge in [0, 0.05) is 12.8 Å². The van der Waals surface area contributed by atoms with Gasteiger partial charge in [-0.15, -0.1) is 11.6 Å². The van der Waals surface area contributed by atoms with Crippen LogP contribution in [0, 0.1) is 0 Å². The summed E-state index contributed by atoms with van der Waals surface area (Å²) in [5.41, 5.74) is 0. The lowest BCUT2D eigenvalue weighted by Crippen LogP contribution is -2.40. The van der Waals surface area contributed by atoms with E-state index < -0.39 is 21.3 Å². The maximum Gasteiger partial charge on any atom is 0.220 e. The third kappa shape index (κ3) is 3.49. The van der Waals surface area contributed by atoms with Crippen molar-refractivity contribution in [3.63, 3.8) is 0 Å². The number of nitrogens with one attached hydrogen (secondary N) is 1. The van der Waals surface area contributed by atoms with Gasteiger partial charge in [0.05, 0.1) is 29.2 Å². The molecule has 2 rings (SSSR count). The molecule has 2 heterocycles. The first-order chi connectivity index (χ1) is 8.46. The first-order valence-corrected chi connectivity index (χ1v) is 7.88. The van der Waals surface area contributed by atoms with Crippen molar-refractivity contribution in [2.24, 2.45) is 0 Å². The molecule has 0 bridgehead atoms. The molecular weight excluding hydrogens is 278 g/mol. The maximum atomic E-state index is 11.6. The highest BCUT2D eigenvalue weighted by atomic mass is 35.5. The molecule has 18 heavy (non-hydrogen) atoms. The number of furan rings is 1. The first kappa shape index (κ1) is 13.4. The molecule has 1 aromatic rings. The second-order valence-corrected chi connectivity index (χ2v) is 7.06. The molecule has 1 aromatic heterocycles. The highest BCUT2D eigenvalue weighted by Crippen LogP contribution is 2.18. The van der Waals surface area contributed by atoms with Crippen LogP contribution in [-0.2, 0) is 21.1 Å². The standard InChI is InChI=1S/C11H14ClNO4S/c12-9-6-18(15,16)7-10(9)13-11(14)4-3-8-2-1-5-17-8/h1-2,5,9-10H,3-4,6-7H2,(H,13,14). The van der Waals surface area contributed by atoms with Crippen LogP contribution in [0.1, 0.15) is 12.2 Å². The summed E-state index contributed by atoms with van der Waals surface area (Å²) in [7, 11) is -3.11. The summed E-state index contributed by atoms with van der Waals surface area (Å²) in [4.78, 5) is 11.6. The van der Waals surface area contributed by atoms with Gasteiger partial charge >= 0.3 is 0 Å². The van der Waals surface area contributed by atoms with Crippen LogP contribution in [0.5, 0.6) is 0 Å². The molecule has 0 aromatic carbocycles. The van der Waals surface area contributed by atoms with E-state index in [1.807, 2.05) is 0 Å². The van der Waals surface area contributed by atoms with Crippen LogP contribution in [0.25, 0.3) is 0 Å². The molecule has 7 heteroatoms. The van der Waals surface area contributed by atoms with Gasteiger partial charge in [-0.25, -0.2) is 8.42 Å². The summed E-state index contributed by atoms with van der Waals surface area (Å²) in [6.45, 7) is 0. The minimum Gasteiger partial charge on any atom is -0.469 e. The van der Waals surface area contributed by atoms with Crippen LogP contribution < -0.4 is 5.32 Å². The summed E-state index contributed by atoms with van der Waals surface area (Å²) >= 11 is 5.89. The van der Waals surface area contributed by atoms with Crippen molar-refractivity contribution >= 4 is 27.3 Å². The van der Waals surface area contributed by atoms with E-state index in [0.717, 1.165) is 5.76 Å². The average molecular weight is 292 g/mol. The van der Waals surface area contributed by atoms with Crippen molar-refractivity contribution < 1.29 is 17.6 Å². The van der Waals surface area contributed by atoms with Gasteiger partial charge in [0.25, 0.3) is 0 Å². The van der Waals surface area contributed by atoms with Gasteiger partial charge in [0.15, 0.2) is 9.84 Å². The molecule has 1 aliphatic rings. The van der Waals surface area contributed by atoms with Crippen LogP contribution in [0.4, 0.5) is 0 Å². The fourth-order valence-electron chi connectivity index (χ4n) is 1.91. The van der Waals surface area contributed by atoms with Crippen LogP contribution in [0.15, 0.2) is 22.8 Å². The van der Waals surface area contributed by atoms with Gasteiger partial charge < -0.3 is 9.73 Å². The van der Waals surface area contributed by atoms with E-state index in [9.17, 15) is 13.2 Å². The van der Waals surface area contributed by atoms with Crippen molar-refractivity contribution in [3.05, 3.63) is 24.2 Å². The van der Waals surface area contributed by atoms with E-state index in [1.54, 1.807) is 18.4 Å². The largest absolute Gasteiger partial charge is 0.469 e. The fraction of sp³-hybridized carbons (Fsp3) is 0.545. The molecule has 0 radical (unpaired) electrons. The summed E-state index contributed by atoms with van der Waals surface area (Å²) < 4.78 is 27.8. The number of halogens is 1. The molecule has 1 N–H and O–H groups in total. The summed E-state index contributed by atoms with van der Waals surface area (Å²) in [6.07, 6.45) is 2.30. The van der Waals surface area contributed by atoms with Gasteiger partial charge in [0.2, 0.25) is 5.91 Å². The van der Waals surface area contributed by atoms with Gasteiger partial charge in [-0.1, -0.05) is 0 Å². The Balaban J connectivity index is 1.81. The quantitative estimate of drug-likeness (QED) is 0.830. The number of carbonyl (C=O) groups is 1. The Morgan fingerprint density at radius 1 is 1.50 bits per heavy atom. The Hall–Kier alpha value is -1.01. The lowest BCUT2D eigenvalue weighted by atomic mass is 10.2. The predicted octanol–water partition coefficient (Wildman–Crippen LogP) is 0.733. The molecule has 1 saturated heterocycles. The van der Waals surface area contributed by atoms with Gasteiger partial charge in [-0.2, -0.15) is 0 Å². The van der Waals surface area contributed by atoms with E-state index in [-0.39, 0.29) is 23.8 Å². The van der Waals surface area contributed by atoms with Crippen molar-refractivity contribution in [1.82, 2.24) is 5.32 Å². The van der Waals surface area contributed by atoms with Crippen LogP contribution in [0.2, 0.25) is 0 Å². The van der Waals surface area contributed by atoms with E-state index in [4.69, 9.17) is 16.0 Å². The lowest BCUT2D eigenvalue weighted by Gasteiger charge is -2.13. The topological polar surface area (TPSA) is 76.4 Å². The smallest absolute Gasteiger partial charge is 0.220 e. The fourth-order valence-corrected chi connectivity index (χ4v) is 4.46. The first-order valence-electron chi connectivity index (χ1n) is 5.62. The maximum absolute atomic E-state index is 11.6. The molecule has 1 amide bonds. The average Bonchev–Trinajstić information content (AvgIpc) is 2.84. The Morgan fingerprint density at radius 2 is 2.28 bits per heavy atom. The highest BCUT2D eigenvalue weighted by Gasteiger charge is 2.37.